The second kappa shape index (κ2) is 9.39. The number of carbonyl (C=O) groups excluding carboxylic acids is 1. The summed E-state index contributed by atoms with van der Waals surface area (Å²) in [5.41, 5.74) is 4.23. The monoisotopic (exact) mass is 464 g/mol. The van der Waals surface area contributed by atoms with Gasteiger partial charge in [-0.05, 0) is 55.7 Å². The number of anilines is 1. The fraction of sp³-hybridized carbons (Fsp3) is 0.292. The minimum atomic E-state index is -0.0348. The van der Waals surface area contributed by atoms with E-state index in [0.29, 0.717) is 13.1 Å². The van der Waals surface area contributed by atoms with Gasteiger partial charge in [-0.25, -0.2) is 0 Å². The van der Waals surface area contributed by atoms with Gasteiger partial charge in [-0.15, -0.1) is 10.2 Å². The van der Waals surface area contributed by atoms with Crippen LogP contribution in [-0.2, 0) is 11.3 Å². The maximum atomic E-state index is 12.7. The minimum absolute atomic E-state index is 0.0348. The molecular formula is C24H25BrN4O. The molecule has 0 radical (unpaired) electrons. The van der Waals surface area contributed by atoms with Crippen LogP contribution >= 0.6 is 15.9 Å². The standard InChI is InChI=1S/C24H25BrN4O/c1-17-4-2-5-19(14-17)22-11-12-23(28-27-22)29-13-3-6-20(16-29)24(30)26-15-18-7-9-21(25)10-8-18/h2,4-5,7-12,14,20H,3,6,13,15-16H2,1H3,(H,26,30)/t20-/m1/s1. The van der Waals surface area contributed by atoms with Gasteiger partial charge in [-0.2, -0.15) is 0 Å². The Kier molecular flexibility index (Phi) is 6.43. The molecule has 2 aromatic carbocycles. The molecule has 2 heterocycles. The van der Waals surface area contributed by atoms with Gasteiger partial charge in [0.25, 0.3) is 0 Å². The molecule has 1 amide bonds. The highest BCUT2D eigenvalue weighted by molar-refractivity contribution is 9.10. The Morgan fingerprint density at radius 3 is 2.70 bits per heavy atom. The first-order chi connectivity index (χ1) is 14.6. The van der Waals surface area contributed by atoms with Crippen molar-refractivity contribution in [3.05, 3.63) is 76.3 Å². The van der Waals surface area contributed by atoms with E-state index in [0.717, 1.165) is 46.5 Å². The van der Waals surface area contributed by atoms with Gasteiger partial charge < -0.3 is 10.2 Å². The average Bonchev–Trinajstić information content (AvgIpc) is 2.79. The number of piperidine rings is 1. The van der Waals surface area contributed by atoms with Crippen molar-refractivity contribution in [2.45, 2.75) is 26.3 Å². The zero-order valence-corrected chi connectivity index (χ0v) is 18.6. The first-order valence-corrected chi connectivity index (χ1v) is 11.1. The molecule has 5 nitrogen and oxygen atoms in total. The minimum Gasteiger partial charge on any atom is -0.354 e. The number of rotatable bonds is 5. The fourth-order valence-corrected chi connectivity index (χ4v) is 4.05. The summed E-state index contributed by atoms with van der Waals surface area (Å²) >= 11 is 3.43. The zero-order chi connectivity index (χ0) is 20.9. The van der Waals surface area contributed by atoms with Gasteiger partial charge >= 0.3 is 0 Å². The molecule has 154 valence electrons. The summed E-state index contributed by atoms with van der Waals surface area (Å²) in [4.78, 5) is 14.9. The lowest BCUT2D eigenvalue weighted by molar-refractivity contribution is -0.125. The third-order valence-electron chi connectivity index (χ3n) is 5.46. The first kappa shape index (κ1) is 20.5. The third kappa shape index (κ3) is 5.05. The van der Waals surface area contributed by atoms with Crippen molar-refractivity contribution in [1.29, 1.82) is 0 Å². The summed E-state index contributed by atoms with van der Waals surface area (Å²) in [5, 5.41) is 11.9. The number of amides is 1. The van der Waals surface area contributed by atoms with Gasteiger partial charge in [-0.1, -0.05) is 51.8 Å². The number of aromatic nitrogens is 2. The van der Waals surface area contributed by atoms with E-state index in [-0.39, 0.29) is 11.8 Å². The second-order valence-corrected chi connectivity index (χ2v) is 8.69. The molecule has 0 spiro atoms. The molecule has 30 heavy (non-hydrogen) atoms. The van der Waals surface area contributed by atoms with E-state index in [9.17, 15) is 4.79 Å². The lowest BCUT2D eigenvalue weighted by Gasteiger charge is -2.32. The molecule has 0 aliphatic carbocycles. The molecule has 3 aromatic rings. The van der Waals surface area contributed by atoms with Gasteiger partial charge in [0.15, 0.2) is 5.82 Å². The van der Waals surface area contributed by atoms with Crippen LogP contribution in [0.2, 0.25) is 0 Å². The summed E-state index contributed by atoms with van der Waals surface area (Å²) in [7, 11) is 0. The SMILES string of the molecule is Cc1cccc(-c2ccc(N3CCC[C@@H](C(=O)NCc4ccc(Br)cc4)C3)nn2)c1. The van der Waals surface area contributed by atoms with E-state index in [2.05, 4.69) is 55.4 Å². The summed E-state index contributed by atoms with van der Waals surface area (Å²) < 4.78 is 1.04. The van der Waals surface area contributed by atoms with Crippen LogP contribution in [0.4, 0.5) is 5.82 Å². The van der Waals surface area contributed by atoms with E-state index < -0.39 is 0 Å². The van der Waals surface area contributed by atoms with Gasteiger partial charge in [0.05, 0.1) is 11.6 Å². The highest BCUT2D eigenvalue weighted by atomic mass is 79.9. The number of benzene rings is 2. The summed E-state index contributed by atoms with van der Waals surface area (Å²) in [5.74, 6) is 0.899. The number of nitrogens with one attached hydrogen (secondary N) is 1. The van der Waals surface area contributed by atoms with Crippen molar-refractivity contribution in [3.8, 4) is 11.3 Å². The van der Waals surface area contributed by atoms with E-state index in [1.807, 2.05) is 48.5 Å². The maximum Gasteiger partial charge on any atom is 0.225 e. The van der Waals surface area contributed by atoms with Gasteiger partial charge in [0.2, 0.25) is 5.91 Å². The van der Waals surface area contributed by atoms with Crippen LogP contribution in [0.3, 0.4) is 0 Å². The predicted octanol–water partition coefficient (Wildman–Crippen LogP) is 4.75. The van der Waals surface area contributed by atoms with Gasteiger partial charge in [-0.3, -0.25) is 4.79 Å². The number of hydrogen-bond donors (Lipinski definition) is 1. The average molecular weight is 465 g/mol. The Morgan fingerprint density at radius 1 is 1.13 bits per heavy atom. The molecule has 1 aromatic heterocycles. The molecule has 1 saturated heterocycles. The van der Waals surface area contributed by atoms with Crippen LogP contribution in [0.5, 0.6) is 0 Å². The van der Waals surface area contributed by atoms with Gasteiger partial charge in [0.1, 0.15) is 0 Å². The van der Waals surface area contributed by atoms with Crippen molar-refractivity contribution in [2.75, 3.05) is 18.0 Å². The molecule has 0 unspecified atom stereocenters. The quantitative estimate of drug-likeness (QED) is 0.591. The van der Waals surface area contributed by atoms with Gasteiger partial charge in [0, 0.05) is 29.7 Å². The van der Waals surface area contributed by atoms with Crippen LogP contribution < -0.4 is 10.2 Å². The number of aryl methyl sites for hydroxylation is 1. The van der Waals surface area contributed by atoms with Crippen molar-refractivity contribution >= 4 is 27.7 Å². The number of hydrogen-bond acceptors (Lipinski definition) is 4. The van der Waals surface area contributed by atoms with E-state index in [4.69, 9.17) is 0 Å². The number of nitrogens with zero attached hydrogens (tertiary/aromatic N) is 3. The molecule has 0 saturated carbocycles. The lowest BCUT2D eigenvalue weighted by atomic mass is 9.97. The number of halogens is 1. The second-order valence-electron chi connectivity index (χ2n) is 7.78. The van der Waals surface area contributed by atoms with Crippen molar-refractivity contribution in [1.82, 2.24) is 15.5 Å². The maximum absolute atomic E-state index is 12.7. The van der Waals surface area contributed by atoms with Crippen LogP contribution in [0.1, 0.15) is 24.0 Å². The molecular weight excluding hydrogens is 440 g/mol. The van der Waals surface area contributed by atoms with Crippen molar-refractivity contribution in [2.24, 2.45) is 5.92 Å². The van der Waals surface area contributed by atoms with Crippen LogP contribution in [-0.4, -0.2) is 29.2 Å². The zero-order valence-electron chi connectivity index (χ0n) is 17.0. The van der Waals surface area contributed by atoms with Crippen LogP contribution in [0.15, 0.2) is 65.1 Å². The molecule has 1 N–H and O–H groups in total. The normalized spacial score (nSPS) is 16.3. The Labute approximate surface area is 185 Å². The lowest BCUT2D eigenvalue weighted by Crippen LogP contribution is -2.43. The van der Waals surface area contributed by atoms with Crippen LogP contribution in [0.25, 0.3) is 11.3 Å². The Bertz CT molecular complexity index is 1000. The molecule has 1 atom stereocenters. The summed E-state index contributed by atoms with van der Waals surface area (Å²) in [6.45, 7) is 4.19. The molecule has 1 aliphatic heterocycles. The highest BCUT2D eigenvalue weighted by Gasteiger charge is 2.26. The van der Waals surface area contributed by atoms with E-state index in [1.54, 1.807) is 0 Å². The Balaban J connectivity index is 1.37. The summed E-state index contributed by atoms with van der Waals surface area (Å²) in [6.07, 6.45) is 1.87. The Hall–Kier alpha value is -2.73. The highest BCUT2D eigenvalue weighted by Crippen LogP contribution is 2.24. The molecule has 6 heteroatoms. The third-order valence-corrected chi connectivity index (χ3v) is 5.99. The molecule has 1 fully saturated rings. The largest absolute Gasteiger partial charge is 0.354 e. The fourth-order valence-electron chi connectivity index (χ4n) is 3.79. The summed E-state index contributed by atoms with van der Waals surface area (Å²) in [6, 6.07) is 20.3. The molecule has 1 aliphatic rings. The topological polar surface area (TPSA) is 58.1 Å². The van der Waals surface area contributed by atoms with Crippen LogP contribution in [0, 0.1) is 12.8 Å². The molecule has 4 rings (SSSR count). The number of carbonyl (C=O) groups is 1. The predicted molar refractivity (Wildman–Crippen MR) is 123 cm³/mol. The molecule has 0 bridgehead atoms. The smallest absolute Gasteiger partial charge is 0.225 e. The Morgan fingerprint density at radius 2 is 1.97 bits per heavy atom. The van der Waals surface area contributed by atoms with E-state index >= 15 is 0 Å². The first-order valence-electron chi connectivity index (χ1n) is 10.3. The van der Waals surface area contributed by atoms with Crippen molar-refractivity contribution in [3.63, 3.8) is 0 Å². The van der Waals surface area contributed by atoms with Crippen molar-refractivity contribution < 1.29 is 4.79 Å². The van der Waals surface area contributed by atoms with E-state index in [1.165, 1.54) is 5.56 Å².